The molecule has 0 saturated heterocycles. The van der Waals surface area contributed by atoms with Gasteiger partial charge < -0.3 is 9.84 Å². The molecule has 0 rings (SSSR count). The van der Waals surface area contributed by atoms with E-state index in [1.807, 2.05) is 6.92 Å². The molecule has 4 heteroatoms. The summed E-state index contributed by atoms with van der Waals surface area (Å²) in [5.74, 6) is -1.28. The number of hydrogen-bond acceptors (Lipinski definition) is 3. The van der Waals surface area contributed by atoms with Gasteiger partial charge in [-0.25, -0.2) is 0 Å². The van der Waals surface area contributed by atoms with Crippen molar-refractivity contribution in [2.45, 2.75) is 26.2 Å². The van der Waals surface area contributed by atoms with E-state index in [1.165, 1.54) is 6.08 Å². The van der Waals surface area contributed by atoms with Gasteiger partial charge in [-0.15, -0.1) is 0 Å². The molecule has 12 heavy (non-hydrogen) atoms. The molecule has 4 nitrogen and oxygen atoms in total. The lowest BCUT2D eigenvalue weighted by atomic mass is 10.3. The van der Waals surface area contributed by atoms with Crippen LogP contribution in [-0.4, -0.2) is 17.0 Å². The summed E-state index contributed by atoms with van der Waals surface area (Å²) in [6.07, 6.45) is 3.37. The lowest BCUT2D eigenvalue weighted by Gasteiger charge is -1.94. The molecule has 1 N–H and O–H groups in total. The molecular formula is C8H12O4. The van der Waals surface area contributed by atoms with E-state index in [0.717, 1.165) is 12.7 Å². The van der Waals surface area contributed by atoms with E-state index in [9.17, 15) is 9.59 Å². The molecule has 0 bridgehead atoms. The van der Waals surface area contributed by atoms with Gasteiger partial charge in [-0.1, -0.05) is 6.92 Å². The maximum absolute atomic E-state index is 10.7. The third-order valence-corrected chi connectivity index (χ3v) is 1.04. The number of hydrogen-bond donors (Lipinski definition) is 1. The van der Waals surface area contributed by atoms with Crippen molar-refractivity contribution in [1.29, 1.82) is 0 Å². The fraction of sp³-hybridized carbons (Fsp3) is 0.500. The molecule has 0 radical (unpaired) electrons. The quantitative estimate of drug-likeness (QED) is 0.501. The van der Waals surface area contributed by atoms with Crippen molar-refractivity contribution in [2.24, 2.45) is 0 Å². The van der Waals surface area contributed by atoms with Crippen LogP contribution in [0.5, 0.6) is 0 Å². The Bertz CT molecular complexity index is 183. The van der Waals surface area contributed by atoms with Crippen molar-refractivity contribution in [3.63, 3.8) is 0 Å². The molecule has 0 fully saturated rings. The first-order valence-electron chi connectivity index (χ1n) is 3.73. The zero-order valence-corrected chi connectivity index (χ0v) is 6.95. The number of carbonyl (C=O) groups is 2. The molecule has 0 saturated carbocycles. The third-order valence-electron chi connectivity index (χ3n) is 1.04. The van der Waals surface area contributed by atoms with E-state index >= 15 is 0 Å². The highest BCUT2D eigenvalue weighted by Gasteiger charge is 1.96. The van der Waals surface area contributed by atoms with Crippen LogP contribution in [0.15, 0.2) is 12.3 Å². The number of aliphatic carboxylic acids is 1. The SMILES string of the molecule is CCCC(=O)OC=CCC(=O)O. The normalized spacial score (nSPS) is 10.1. The first kappa shape index (κ1) is 10.7. The van der Waals surface area contributed by atoms with Crippen LogP contribution in [0, 0.1) is 0 Å². The molecule has 0 heterocycles. The van der Waals surface area contributed by atoms with Gasteiger partial charge in [0.2, 0.25) is 0 Å². The van der Waals surface area contributed by atoms with Crippen molar-refractivity contribution >= 4 is 11.9 Å². The molecule has 0 aromatic carbocycles. The van der Waals surface area contributed by atoms with E-state index in [2.05, 4.69) is 4.74 Å². The number of rotatable bonds is 5. The van der Waals surface area contributed by atoms with Crippen LogP contribution in [0.3, 0.4) is 0 Å². The second kappa shape index (κ2) is 6.39. The van der Waals surface area contributed by atoms with Gasteiger partial charge in [0.25, 0.3) is 0 Å². The Morgan fingerprint density at radius 3 is 2.67 bits per heavy atom. The number of carboxylic acid groups (broad SMARTS) is 1. The van der Waals surface area contributed by atoms with Gasteiger partial charge >= 0.3 is 11.9 Å². The lowest BCUT2D eigenvalue weighted by molar-refractivity contribution is -0.139. The predicted molar refractivity (Wildman–Crippen MR) is 42.4 cm³/mol. The van der Waals surface area contributed by atoms with Crippen molar-refractivity contribution < 1.29 is 19.4 Å². The molecule has 68 valence electrons. The molecule has 0 unspecified atom stereocenters. The minimum atomic E-state index is -0.946. The average Bonchev–Trinajstić information content (AvgIpc) is 1.98. The van der Waals surface area contributed by atoms with E-state index < -0.39 is 5.97 Å². The summed E-state index contributed by atoms with van der Waals surface area (Å²) in [7, 11) is 0. The van der Waals surface area contributed by atoms with Crippen LogP contribution < -0.4 is 0 Å². The van der Waals surface area contributed by atoms with Crippen LogP contribution in [0.25, 0.3) is 0 Å². The molecule has 0 aliphatic carbocycles. The fourth-order valence-corrected chi connectivity index (χ4v) is 0.536. The fourth-order valence-electron chi connectivity index (χ4n) is 0.536. The molecule has 0 spiro atoms. The second-order valence-corrected chi connectivity index (χ2v) is 2.21. The summed E-state index contributed by atoms with van der Waals surface area (Å²) < 4.78 is 4.55. The van der Waals surface area contributed by atoms with E-state index in [0.29, 0.717) is 6.42 Å². The van der Waals surface area contributed by atoms with Gasteiger partial charge in [0.05, 0.1) is 12.7 Å². The number of ether oxygens (including phenoxy) is 1. The van der Waals surface area contributed by atoms with Gasteiger partial charge in [0, 0.05) is 6.42 Å². The third kappa shape index (κ3) is 6.80. The van der Waals surface area contributed by atoms with Gasteiger partial charge in [0.1, 0.15) is 0 Å². The van der Waals surface area contributed by atoms with Gasteiger partial charge in [0.15, 0.2) is 0 Å². The Labute approximate surface area is 70.8 Å². The molecule has 0 amide bonds. The Morgan fingerprint density at radius 2 is 2.17 bits per heavy atom. The van der Waals surface area contributed by atoms with Gasteiger partial charge in [-0.2, -0.15) is 0 Å². The summed E-state index contributed by atoms with van der Waals surface area (Å²) in [5.41, 5.74) is 0. The Kier molecular flexibility index (Phi) is 5.69. The van der Waals surface area contributed by atoms with Gasteiger partial charge in [-0.3, -0.25) is 9.59 Å². The summed E-state index contributed by atoms with van der Waals surface area (Å²) in [4.78, 5) is 20.6. The Balaban J connectivity index is 3.46. The van der Waals surface area contributed by atoms with Crippen LogP contribution in [0.1, 0.15) is 26.2 Å². The van der Waals surface area contributed by atoms with E-state index in [-0.39, 0.29) is 12.4 Å². The van der Waals surface area contributed by atoms with Crippen molar-refractivity contribution in [2.75, 3.05) is 0 Å². The van der Waals surface area contributed by atoms with Crippen molar-refractivity contribution in [1.82, 2.24) is 0 Å². The summed E-state index contributed by atoms with van der Waals surface area (Å²) in [6, 6.07) is 0. The standard InChI is InChI=1S/C8H12O4/c1-2-4-8(11)12-6-3-5-7(9)10/h3,6H,2,4-5H2,1H3,(H,9,10). The van der Waals surface area contributed by atoms with E-state index in [4.69, 9.17) is 5.11 Å². The average molecular weight is 172 g/mol. The number of carboxylic acids is 1. The minimum absolute atomic E-state index is 0.126. The second-order valence-electron chi connectivity index (χ2n) is 2.21. The first-order valence-corrected chi connectivity index (χ1v) is 3.73. The highest BCUT2D eigenvalue weighted by Crippen LogP contribution is 1.92. The van der Waals surface area contributed by atoms with Crippen molar-refractivity contribution in [3.8, 4) is 0 Å². The molecule has 0 aromatic rings. The minimum Gasteiger partial charge on any atom is -0.481 e. The maximum Gasteiger partial charge on any atom is 0.310 e. The summed E-state index contributed by atoms with van der Waals surface area (Å²) in [6.45, 7) is 1.86. The highest BCUT2D eigenvalue weighted by atomic mass is 16.5. The topological polar surface area (TPSA) is 63.6 Å². The number of esters is 1. The Hall–Kier alpha value is -1.32. The maximum atomic E-state index is 10.7. The molecule has 0 atom stereocenters. The molecule has 0 aromatic heterocycles. The summed E-state index contributed by atoms with van der Waals surface area (Å²) in [5, 5.41) is 8.19. The monoisotopic (exact) mass is 172 g/mol. The van der Waals surface area contributed by atoms with Crippen molar-refractivity contribution in [3.05, 3.63) is 12.3 Å². The first-order chi connectivity index (χ1) is 5.66. The smallest absolute Gasteiger partial charge is 0.310 e. The Morgan fingerprint density at radius 1 is 1.50 bits per heavy atom. The van der Waals surface area contributed by atoms with E-state index in [1.54, 1.807) is 0 Å². The molecular weight excluding hydrogens is 160 g/mol. The van der Waals surface area contributed by atoms with Crippen LogP contribution in [-0.2, 0) is 14.3 Å². The zero-order valence-electron chi connectivity index (χ0n) is 6.95. The number of carbonyl (C=O) groups excluding carboxylic acids is 1. The predicted octanol–water partition coefficient (Wildman–Crippen LogP) is 1.32. The highest BCUT2D eigenvalue weighted by molar-refractivity contribution is 5.70. The van der Waals surface area contributed by atoms with Crippen LogP contribution in [0.4, 0.5) is 0 Å². The van der Waals surface area contributed by atoms with Gasteiger partial charge in [-0.05, 0) is 12.5 Å². The summed E-state index contributed by atoms with van der Waals surface area (Å²) >= 11 is 0. The molecule has 0 aliphatic rings. The largest absolute Gasteiger partial charge is 0.481 e. The van der Waals surface area contributed by atoms with Crippen LogP contribution >= 0.6 is 0 Å². The molecule has 0 aliphatic heterocycles. The van der Waals surface area contributed by atoms with Crippen LogP contribution in [0.2, 0.25) is 0 Å². The zero-order chi connectivity index (χ0) is 9.40. The lowest BCUT2D eigenvalue weighted by Crippen LogP contribution is -1.98.